The molecule has 0 fully saturated rings. The molecule has 31 heavy (non-hydrogen) atoms. The van der Waals surface area contributed by atoms with Crippen molar-refractivity contribution >= 4 is 50.3 Å². The lowest BCUT2D eigenvalue weighted by atomic mass is 10.0. The van der Waals surface area contributed by atoms with Crippen molar-refractivity contribution in [2.75, 3.05) is 17.2 Å². The first-order valence-corrected chi connectivity index (χ1v) is 10.8. The number of ether oxygens (including phenoxy) is 1. The molecule has 9 heteroatoms. The largest absolute Gasteiger partial charge is 0.466 e. The van der Waals surface area contributed by atoms with Crippen LogP contribution in [0, 0.1) is 0 Å². The molecule has 3 rings (SSSR count). The second kappa shape index (κ2) is 10.5. The molecular weight excluding hydrogens is 416 g/mol. The standard InChI is InChI=1S/C22H24N4O4S/c1-3-19(27)26-22-25-16-11-10-15(12-18(16)31-22)23-21(29)24-17(13-20(28)30-4-2)14-8-6-5-7-9-14/h5-12,17H,3-4,13H2,1-2H3,(H2,23,24,29)(H,25,26,27)/t17-/m1/s1. The molecule has 1 heterocycles. The lowest BCUT2D eigenvalue weighted by Crippen LogP contribution is -2.34. The average molecular weight is 441 g/mol. The second-order valence-corrected chi connectivity index (χ2v) is 7.70. The molecule has 2 aromatic carbocycles. The Labute approximate surface area is 184 Å². The van der Waals surface area contributed by atoms with Crippen LogP contribution < -0.4 is 16.0 Å². The SMILES string of the molecule is CCOC(=O)C[C@@H](NC(=O)Nc1ccc2nc(NC(=O)CC)sc2c1)c1ccccc1. The number of urea groups is 1. The van der Waals surface area contributed by atoms with E-state index < -0.39 is 12.1 Å². The van der Waals surface area contributed by atoms with E-state index in [2.05, 4.69) is 20.9 Å². The lowest BCUT2D eigenvalue weighted by molar-refractivity contribution is -0.143. The van der Waals surface area contributed by atoms with E-state index in [0.717, 1.165) is 15.8 Å². The van der Waals surface area contributed by atoms with Gasteiger partial charge in [-0.2, -0.15) is 0 Å². The number of benzene rings is 2. The number of hydrogen-bond donors (Lipinski definition) is 3. The van der Waals surface area contributed by atoms with Crippen molar-refractivity contribution in [1.82, 2.24) is 10.3 Å². The maximum absolute atomic E-state index is 12.6. The molecule has 1 aromatic heterocycles. The first kappa shape index (κ1) is 22.2. The van der Waals surface area contributed by atoms with Gasteiger partial charge >= 0.3 is 12.0 Å². The Hall–Kier alpha value is -3.46. The van der Waals surface area contributed by atoms with Gasteiger partial charge in [0.25, 0.3) is 0 Å². The number of esters is 1. The summed E-state index contributed by atoms with van der Waals surface area (Å²) in [7, 11) is 0. The Bertz CT molecular complexity index is 1070. The Morgan fingerprint density at radius 2 is 1.84 bits per heavy atom. The van der Waals surface area contributed by atoms with Crippen molar-refractivity contribution in [2.24, 2.45) is 0 Å². The first-order valence-electron chi connectivity index (χ1n) is 9.97. The van der Waals surface area contributed by atoms with Crippen molar-refractivity contribution < 1.29 is 19.1 Å². The number of rotatable bonds is 8. The molecule has 0 radical (unpaired) electrons. The van der Waals surface area contributed by atoms with E-state index in [9.17, 15) is 14.4 Å². The van der Waals surface area contributed by atoms with Crippen LogP contribution in [0.25, 0.3) is 10.2 Å². The summed E-state index contributed by atoms with van der Waals surface area (Å²) in [4.78, 5) is 40.5. The molecule has 0 saturated heterocycles. The van der Waals surface area contributed by atoms with Crippen molar-refractivity contribution in [3.63, 3.8) is 0 Å². The predicted octanol–water partition coefficient (Wildman–Crippen LogP) is 4.46. The van der Waals surface area contributed by atoms with Crippen molar-refractivity contribution in [3.8, 4) is 0 Å². The Morgan fingerprint density at radius 1 is 1.06 bits per heavy atom. The number of amides is 3. The summed E-state index contributed by atoms with van der Waals surface area (Å²) in [6.45, 7) is 3.79. The van der Waals surface area contributed by atoms with Gasteiger partial charge in [0, 0.05) is 12.1 Å². The fourth-order valence-corrected chi connectivity index (χ4v) is 3.83. The highest BCUT2D eigenvalue weighted by Gasteiger charge is 2.19. The molecule has 3 amide bonds. The maximum Gasteiger partial charge on any atom is 0.319 e. The van der Waals surface area contributed by atoms with E-state index in [4.69, 9.17) is 4.74 Å². The molecule has 0 unspecified atom stereocenters. The van der Waals surface area contributed by atoms with Gasteiger partial charge in [-0.25, -0.2) is 9.78 Å². The highest BCUT2D eigenvalue weighted by Crippen LogP contribution is 2.28. The zero-order chi connectivity index (χ0) is 22.2. The van der Waals surface area contributed by atoms with Crippen molar-refractivity contribution in [1.29, 1.82) is 0 Å². The minimum atomic E-state index is -0.525. The summed E-state index contributed by atoms with van der Waals surface area (Å²) in [5.41, 5.74) is 2.11. The van der Waals surface area contributed by atoms with E-state index in [-0.39, 0.29) is 24.9 Å². The van der Waals surface area contributed by atoms with Gasteiger partial charge in [-0.15, -0.1) is 0 Å². The number of anilines is 2. The van der Waals surface area contributed by atoms with E-state index >= 15 is 0 Å². The highest BCUT2D eigenvalue weighted by atomic mass is 32.1. The van der Waals surface area contributed by atoms with E-state index in [1.807, 2.05) is 30.3 Å². The number of thiazole rings is 1. The summed E-state index contributed by atoms with van der Waals surface area (Å²) in [5, 5.41) is 8.88. The van der Waals surface area contributed by atoms with Crippen LogP contribution in [0.5, 0.6) is 0 Å². The van der Waals surface area contributed by atoms with Gasteiger partial charge in [-0.1, -0.05) is 48.6 Å². The molecule has 3 aromatic rings. The predicted molar refractivity (Wildman–Crippen MR) is 121 cm³/mol. The zero-order valence-corrected chi connectivity index (χ0v) is 18.1. The smallest absolute Gasteiger partial charge is 0.319 e. The van der Waals surface area contributed by atoms with Crippen LogP contribution in [-0.4, -0.2) is 29.5 Å². The number of hydrogen-bond acceptors (Lipinski definition) is 6. The minimum absolute atomic E-state index is 0.0274. The van der Waals surface area contributed by atoms with Gasteiger partial charge in [0.2, 0.25) is 5.91 Å². The molecule has 3 N–H and O–H groups in total. The minimum Gasteiger partial charge on any atom is -0.466 e. The third-order valence-corrected chi connectivity index (χ3v) is 5.33. The monoisotopic (exact) mass is 440 g/mol. The zero-order valence-electron chi connectivity index (χ0n) is 17.3. The summed E-state index contributed by atoms with van der Waals surface area (Å²) in [6.07, 6.45) is 0.400. The normalized spacial score (nSPS) is 11.5. The van der Waals surface area contributed by atoms with Crippen molar-refractivity contribution in [2.45, 2.75) is 32.7 Å². The Balaban J connectivity index is 1.70. The third-order valence-electron chi connectivity index (χ3n) is 4.40. The van der Waals surface area contributed by atoms with Gasteiger partial charge in [-0.05, 0) is 30.7 Å². The molecule has 8 nitrogen and oxygen atoms in total. The summed E-state index contributed by atoms with van der Waals surface area (Å²) in [6, 6.07) is 13.6. The van der Waals surface area contributed by atoms with Gasteiger partial charge in [0.15, 0.2) is 5.13 Å². The lowest BCUT2D eigenvalue weighted by Gasteiger charge is -2.19. The molecule has 0 aliphatic heterocycles. The molecule has 0 spiro atoms. The molecular formula is C22H24N4O4S. The highest BCUT2D eigenvalue weighted by molar-refractivity contribution is 7.22. The van der Waals surface area contributed by atoms with Crippen LogP contribution in [0.1, 0.15) is 38.3 Å². The number of nitrogens with one attached hydrogen (secondary N) is 3. The molecule has 0 bridgehead atoms. The molecule has 0 aliphatic carbocycles. The van der Waals surface area contributed by atoms with Crippen LogP contribution in [0.4, 0.5) is 15.6 Å². The number of fused-ring (bicyclic) bond motifs is 1. The summed E-state index contributed by atoms with van der Waals surface area (Å²) < 4.78 is 5.86. The number of aromatic nitrogens is 1. The topological polar surface area (TPSA) is 109 Å². The van der Waals surface area contributed by atoms with Gasteiger partial charge in [-0.3, -0.25) is 9.59 Å². The van der Waals surface area contributed by atoms with E-state index in [0.29, 0.717) is 17.2 Å². The van der Waals surface area contributed by atoms with Crippen LogP contribution in [-0.2, 0) is 14.3 Å². The van der Waals surface area contributed by atoms with Crippen LogP contribution in [0.15, 0.2) is 48.5 Å². The van der Waals surface area contributed by atoms with Gasteiger partial charge in [0.05, 0.1) is 29.3 Å². The number of nitrogens with zero attached hydrogens (tertiary/aromatic N) is 1. The van der Waals surface area contributed by atoms with Crippen LogP contribution in [0.3, 0.4) is 0 Å². The fraction of sp³-hybridized carbons (Fsp3) is 0.273. The summed E-state index contributed by atoms with van der Waals surface area (Å²) in [5.74, 6) is -0.491. The molecule has 1 atom stereocenters. The van der Waals surface area contributed by atoms with Gasteiger partial charge in [0.1, 0.15) is 0 Å². The Kier molecular flexibility index (Phi) is 7.55. The van der Waals surface area contributed by atoms with Gasteiger partial charge < -0.3 is 20.7 Å². The van der Waals surface area contributed by atoms with E-state index in [1.165, 1.54) is 11.3 Å². The first-order chi connectivity index (χ1) is 15.0. The van der Waals surface area contributed by atoms with Crippen LogP contribution >= 0.6 is 11.3 Å². The van der Waals surface area contributed by atoms with E-state index in [1.54, 1.807) is 32.0 Å². The van der Waals surface area contributed by atoms with Crippen molar-refractivity contribution in [3.05, 3.63) is 54.1 Å². The van der Waals surface area contributed by atoms with Crippen LogP contribution in [0.2, 0.25) is 0 Å². The third kappa shape index (κ3) is 6.26. The maximum atomic E-state index is 12.6. The molecule has 0 saturated carbocycles. The molecule has 162 valence electrons. The number of carbonyl (C=O) groups is 3. The fourth-order valence-electron chi connectivity index (χ4n) is 2.91. The molecule has 0 aliphatic rings. The summed E-state index contributed by atoms with van der Waals surface area (Å²) >= 11 is 1.33. The number of carbonyl (C=O) groups excluding carboxylic acids is 3. The Morgan fingerprint density at radius 3 is 2.55 bits per heavy atom. The quantitative estimate of drug-likeness (QED) is 0.448. The average Bonchev–Trinajstić information content (AvgIpc) is 3.15. The second-order valence-electron chi connectivity index (χ2n) is 6.67.